The number of anilines is 2. The van der Waals surface area contributed by atoms with Gasteiger partial charge in [0.1, 0.15) is 0 Å². The Hall–Kier alpha value is -3.07. The van der Waals surface area contributed by atoms with E-state index in [1.165, 1.54) is 11.5 Å². The number of benzene rings is 1. The topological polar surface area (TPSA) is 95.9 Å². The molecule has 1 aliphatic heterocycles. The quantitative estimate of drug-likeness (QED) is 0.689. The molecule has 2 N–H and O–H groups in total. The first kappa shape index (κ1) is 18.3. The third-order valence-electron chi connectivity index (χ3n) is 4.58. The minimum absolute atomic E-state index is 0.260. The van der Waals surface area contributed by atoms with Gasteiger partial charge in [-0.3, -0.25) is 5.32 Å². The van der Waals surface area contributed by atoms with Crippen LogP contribution in [0.15, 0.2) is 48.8 Å². The van der Waals surface area contributed by atoms with Gasteiger partial charge in [0.2, 0.25) is 11.1 Å². The highest BCUT2D eigenvalue weighted by Gasteiger charge is 2.22. The normalized spacial score (nSPS) is 16.6. The van der Waals surface area contributed by atoms with Crippen LogP contribution in [0.25, 0.3) is 11.4 Å². The Bertz CT molecular complexity index is 903. The lowest BCUT2D eigenvalue weighted by molar-refractivity contribution is 0.249. The average Bonchev–Trinajstić information content (AvgIpc) is 3.22. The lowest BCUT2D eigenvalue weighted by Gasteiger charge is -2.32. The highest BCUT2D eigenvalue weighted by atomic mass is 32.1. The number of hydrogen-bond donors (Lipinski definition) is 2. The maximum Gasteiger partial charge on any atom is 0.321 e. The van der Waals surface area contributed by atoms with E-state index < -0.39 is 0 Å². The summed E-state index contributed by atoms with van der Waals surface area (Å²) in [7, 11) is 0. The molecule has 8 nitrogen and oxygen atoms in total. The van der Waals surface area contributed by atoms with Crippen molar-refractivity contribution in [3.8, 4) is 11.4 Å². The molecule has 2 aromatic heterocycles. The summed E-state index contributed by atoms with van der Waals surface area (Å²) in [6.45, 7) is 2.38. The number of aromatic nitrogens is 4. The SMILES string of the molecule is O=C(NC[C@@H]1CCCN(c2ncccn2)C1)Nc1nc(-c2ccccc2)ns1. The first-order chi connectivity index (χ1) is 13.8. The van der Waals surface area contributed by atoms with Crippen molar-refractivity contribution >= 4 is 28.6 Å². The number of hydrogen-bond acceptors (Lipinski definition) is 7. The molecule has 144 valence electrons. The fourth-order valence-electron chi connectivity index (χ4n) is 3.22. The van der Waals surface area contributed by atoms with Crippen LogP contribution < -0.4 is 15.5 Å². The first-order valence-electron chi connectivity index (χ1n) is 9.24. The van der Waals surface area contributed by atoms with Crippen molar-refractivity contribution in [3.05, 3.63) is 48.8 Å². The zero-order valence-corrected chi connectivity index (χ0v) is 16.1. The van der Waals surface area contributed by atoms with Gasteiger partial charge in [0, 0.05) is 49.1 Å². The van der Waals surface area contributed by atoms with Crippen LogP contribution in [0.4, 0.5) is 15.9 Å². The van der Waals surface area contributed by atoms with Gasteiger partial charge in [0.15, 0.2) is 5.82 Å². The van der Waals surface area contributed by atoms with E-state index in [1.807, 2.05) is 36.4 Å². The molecule has 28 heavy (non-hydrogen) atoms. The molecule has 1 saturated heterocycles. The standard InChI is InChI=1S/C19H21N7OS/c27-18(24-19-23-16(25-28-19)15-7-2-1-3-8-15)22-12-14-6-4-11-26(13-14)17-20-9-5-10-21-17/h1-3,5,7-10,14H,4,6,11-13H2,(H2,22,23,24,25,27)/t14-/m0/s1. The molecule has 0 spiro atoms. The summed E-state index contributed by atoms with van der Waals surface area (Å²) in [6, 6.07) is 11.2. The second kappa shape index (κ2) is 8.75. The van der Waals surface area contributed by atoms with Gasteiger partial charge in [-0.2, -0.15) is 9.36 Å². The third kappa shape index (κ3) is 4.61. The second-order valence-electron chi connectivity index (χ2n) is 6.63. The molecule has 1 fully saturated rings. The minimum Gasteiger partial charge on any atom is -0.340 e. The number of carbonyl (C=O) groups is 1. The highest BCUT2D eigenvalue weighted by Crippen LogP contribution is 2.21. The summed E-state index contributed by atoms with van der Waals surface area (Å²) in [5, 5.41) is 6.20. The molecule has 3 heterocycles. The molecule has 1 atom stereocenters. The number of urea groups is 1. The molecule has 9 heteroatoms. The molecular formula is C19H21N7OS. The van der Waals surface area contributed by atoms with E-state index in [4.69, 9.17) is 0 Å². The van der Waals surface area contributed by atoms with E-state index in [0.717, 1.165) is 37.4 Å². The zero-order chi connectivity index (χ0) is 19.2. The number of nitrogens with zero attached hydrogens (tertiary/aromatic N) is 5. The maximum absolute atomic E-state index is 12.2. The smallest absolute Gasteiger partial charge is 0.321 e. The largest absolute Gasteiger partial charge is 0.340 e. The summed E-state index contributed by atoms with van der Waals surface area (Å²) in [5.41, 5.74) is 0.928. The number of rotatable bonds is 5. The summed E-state index contributed by atoms with van der Waals surface area (Å²) < 4.78 is 4.30. The van der Waals surface area contributed by atoms with Crippen LogP contribution in [0.5, 0.6) is 0 Å². The van der Waals surface area contributed by atoms with Crippen LogP contribution in [0.2, 0.25) is 0 Å². The van der Waals surface area contributed by atoms with E-state index in [2.05, 4.69) is 34.9 Å². The van der Waals surface area contributed by atoms with Gasteiger partial charge in [-0.25, -0.2) is 14.8 Å². The molecule has 1 aromatic carbocycles. The van der Waals surface area contributed by atoms with Crippen LogP contribution in [0.3, 0.4) is 0 Å². The number of amides is 2. The molecule has 0 unspecified atom stereocenters. The number of piperidine rings is 1. The Morgan fingerprint density at radius 2 is 2.00 bits per heavy atom. The van der Waals surface area contributed by atoms with E-state index in [-0.39, 0.29) is 6.03 Å². The van der Waals surface area contributed by atoms with Crippen molar-refractivity contribution in [3.63, 3.8) is 0 Å². The number of carbonyl (C=O) groups excluding carboxylic acids is 1. The Labute approximate surface area is 167 Å². The van der Waals surface area contributed by atoms with Gasteiger partial charge < -0.3 is 10.2 Å². The zero-order valence-electron chi connectivity index (χ0n) is 15.3. The molecular weight excluding hydrogens is 374 g/mol. The van der Waals surface area contributed by atoms with Crippen LogP contribution in [-0.2, 0) is 0 Å². The predicted molar refractivity (Wildman–Crippen MR) is 109 cm³/mol. The van der Waals surface area contributed by atoms with Crippen LogP contribution in [-0.4, -0.2) is 45.0 Å². The molecule has 1 aliphatic rings. The fraction of sp³-hybridized carbons (Fsp3) is 0.316. The number of nitrogens with one attached hydrogen (secondary N) is 2. The van der Waals surface area contributed by atoms with E-state index >= 15 is 0 Å². The first-order valence-corrected chi connectivity index (χ1v) is 10.0. The van der Waals surface area contributed by atoms with Gasteiger partial charge in [-0.15, -0.1) is 0 Å². The molecule has 0 saturated carbocycles. The Morgan fingerprint density at radius 1 is 1.18 bits per heavy atom. The lowest BCUT2D eigenvalue weighted by Crippen LogP contribution is -2.42. The monoisotopic (exact) mass is 395 g/mol. The van der Waals surface area contributed by atoms with Crippen molar-refractivity contribution in [2.75, 3.05) is 29.9 Å². The Morgan fingerprint density at radius 3 is 2.82 bits per heavy atom. The molecule has 0 aliphatic carbocycles. The fourth-order valence-corrected chi connectivity index (χ4v) is 3.81. The van der Waals surface area contributed by atoms with E-state index in [9.17, 15) is 4.79 Å². The molecule has 3 aromatic rings. The van der Waals surface area contributed by atoms with Crippen molar-refractivity contribution in [1.29, 1.82) is 0 Å². The van der Waals surface area contributed by atoms with E-state index in [1.54, 1.807) is 12.4 Å². The van der Waals surface area contributed by atoms with Crippen molar-refractivity contribution in [2.45, 2.75) is 12.8 Å². The summed E-state index contributed by atoms with van der Waals surface area (Å²) in [6.07, 6.45) is 5.64. The molecule has 4 rings (SSSR count). The summed E-state index contributed by atoms with van der Waals surface area (Å²) in [5.74, 6) is 1.73. The Kier molecular flexibility index (Phi) is 5.72. The van der Waals surface area contributed by atoms with Gasteiger partial charge in [-0.05, 0) is 24.8 Å². The van der Waals surface area contributed by atoms with Crippen molar-refractivity contribution in [1.82, 2.24) is 24.6 Å². The lowest BCUT2D eigenvalue weighted by atomic mass is 9.98. The van der Waals surface area contributed by atoms with Gasteiger partial charge in [0.25, 0.3) is 0 Å². The van der Waals surface area contributed by atoms with Crippen LogP contribution in [0.1, 0.15) is 12.8 Å². The van der Waals surface area contributed by atoms with Gasteiger partial charge in [0.05, 0.1) is 0 Å². The summed E-state index contributed by atoms with van der Waals surface area (Å²) >= 11 is 1.17. The molecule has 2 amide bonds. The van der Waals surface area contributed by atoms with Crippen LogP contribution >= 0.6 is 11.5 Å². The van der Waals surface area contributed by atoms with Crippen LogP contribution in [0, 0.1) is 5.92 Å². The summed E-state index contributed by atoms with van der Waals surface area (Å²) in [4.78, 5) is 27.4. The van der Waals surface area contributed by atoms with Crippen molar-refractivity contribution in [2.24, 2.45) is 5.92 Å². The minimum atomic E-state index is -0.260. The van der Waals surface area contributed by atoms with Gasteiger partial charge >= 0.3 is 6.03 Å². The van der Waals surface area contributed by atoms with Crippen molar-refractivity contribution < 1.29 is 4.79 Å². The Balaban J connectivity index is 1.27. The molecule has 0 radical (unpaired) electrons. The second-order valence-corrected chi connectivity index (χ2v) is 7.38. The molecule has 0 bridgehead atoms. The third-order valence-corrected chi connectivity index (χ3v) is 5.21. The predicted octanol–water partition coefficient (Wildman–Crippen LogP) is 3.03. The highest BCUT2D eigenvalue weighted by molar-refractivity contribution is 7.10. The van der Waals surface area contributed by atoms with Gasteiger partial charge in [-0.1, -0.05) is 30.3 Å². The van der Waals surface area contributed by atoms with E-state index in [0.29, 0.717) is 23.4 Å². The maximum atomic E-state index is 12.2. The average molecular weight is 395 g/mol.